The standard InChI is InChI=1S/C20H20O2/c1-2-3-4-5-6-7-15-8-10-16(11-9-15)20-18-14-22-13-17(18)12-19(20)21/h2,8-11,17H,1,3-5,12-14H2/t17-/m0/s1. The zero-order valence-corrected chi connectivity index (χ0v) is 12.7. The molecule has 1 aromatic rings. The molecule has 0 radical (unpaired) electrons. The second-order valence-corrected chi connectivity index (χ2v) is 5.80. The Hall–Kier alpha value is -2.11. The fourth-order valence-corrected chi connectivity index (χ4v) is 3.06. The molecular formula is C20H20O2. The first-order valence-corrected chi connectivity index (χ1v) is 7.84. The lowest BCUT2D eigenvalue weighted by molar-refractivity contribution is -0.113. The van der Waals surface area contributed by atoms with E-state index in [9.17, 15) is 4.79 Å². The van der Waals surface area contributed by atoms with Gasteiger partial charge in [0.25, 0.3) is 0 Å². The summed E-state index contributed by atoms with van der Waals surface area (Å²) >= 11 is 0. The maximum Gasteiger partial charge on any atom is 0.164 e. The molecule has 22 heavy (non-hydrogen) atoms. The molecule has 0 unspecified atom stereocenters. The maximum absolute atomic E-state index is 12.2. The second-order valence-electron chi connectivity index (χ2n) is 5.80. The summed E-state index contributed by atoms with van der Waals surface area (Å²) in [7, 11) is 0. The molecule has 0 spiro atoms. The third-order valence-electron chi connectivity index (χ3n) is 4.22. The number of Topliss-reactive ketones (excluding diaryl/α,β-unsaturated/α-hetero) is 1. The molecule has 1 heterocycles. The van der Waals surface area contributed by atoms with E-state index in [1.807, 2.05) is 30.3 Å². The van der Waals surface area contributed by atoms with Crippen molar-refractivity contribution in [1.82, 2.24) is 0 Å². The van der Waals surface area contributed by atoms with E-state index in [0.717, 1.165) is 36.0 Å². The molecule has 1 fully saturated rings. The van der Waals surface area contributed by atoms with Crippen molar-refractivity contribution >= 4 is 11.4 Å². The van der Waals surface area contributed by atoms with Crippen LogP contribution in [-0.2, 0) is 9.53 Å². The van der Waals surface area contributed by atoms with Crippen LogP contribution in [-0.4, -0.2) is 19.0 Å². The van der Waals surface area contributed by atoms with Gasteiger partial charge in [0, 0.05) is 29.9 Å². The number of ether oxygens (including phenoxy) is 1. The highest BCUT2D eigenvalue weighted by Gasteiger charge is 2.36. The van der Waals surface area contributed by atoms with Crippen LogP contribution in [0.25, 0.3) is 5.57 Å². The Morgan fingerprint density at radius 3 is 2.91 bits per heavy atom. The van der Waals surface area contributed by atoms with Gasteiger partial charge >= 0.3 is 0 Å². The largest absolute Gasteiger partial charge is 0.376 e. The first-order valence-electron chi connectivity index (χ1n) is 7.84. The van der Waals surface area contributed by atoms with E-state index in [4.69, 9.17) is 4.74 Å². The van der Waals surface area contributed by atoms with Gasteiger partial charge in [-0.3, -0.25) is 4.79 Å². The lowest BCUT2D eigenvalue weighted by atomic mass is 9.99. The van der Waals surface area contributed by atoms with Crippen molar-refractivity contribution in [3.8, 4) is 11.8 Å². The maximum atomic E-state index is 12.2. The van der Waals surface area contributed by atoms with E-state index in [-0.39, 0.29) is 5.78 Å². The van der Waals surface area contributed by atoms with Crippen molar-refractivity contribution in [2.24, 2.45) is 5.92 Å². The fourth-order valence-electron chi connectivity index (χ4n) is 3.06. The smallest absolute Gasteiger partial charge is 0.164 e. The number of hydrogen-bond acceptors (Lipinski definition) is 2. The summed E-state index contributed by atoms with van der Waals surface area (Å²) in [5, 5.41) is 0. The van der Waals surface area contributed by atoms with Crippen molar-refractivity contribution in [3.63, 3.8) is 0 Å². The van der Waals surface area contributed by atoms with Crippen molar-refractivity contribution in [2.75, 3.05) is 13.2 Å². The molecule has 3 rings (SSSR count). The van der Waals surface area contributed by atoms with Crippen molar-refractivity contribution < 1.29 is 9.53 Å². The third-order valence-corrected chi connectivity index (χ3v) is 4.22. The number of carbonyl (C=O) groups excluding carboxylic acids is 1. The number of fused-ring (bicyclic) bond motifs is 1. The van der Waals surface area contributed by atoms with Crippen LogP contribution in [0.5, 0.6) is 0 Å². The zero-order chi connectivity index (χ0) is 15.4. The number of hydrogen-bond donors (Lipinski definition) is 0. The number of unbranched alkanes of at least 4 members (excludes halogenated alkanes) is 2. The molecule has 2 aliphatic rings. The number of ketones is 1. The Morgan fingerprint density at radius 2 is 2.14 bits per heavy atom. The first-order chi connectivity index (χ1) is 10.8. The van der Waals surface area contributed by atoms with Crippen molar-refractivity contribution in [3.05, 3.63) is 53.6 Å². The van der Waals surface area contributed by atoms with Gasteiger partial charge in [-0.15, -0.1) is 6.58 Å². The van der Waals surface area contributed by atoms with Crippen LogP contribution >= 0.6 is 0 Å². The Kier molecular flexibility index (Phi) is 4.56. The molecule has 0 N–H and O–H groups in total. The SMILES string of the molecule is C=CCCCC#Cc1ccc(C2=C3COC[C@@H]3CC2=O)cc1. The second kappa shape index (κ2) is 6.77. The van der Waals surface area contributed by atoms with E-state index in [1.165, 1.54) is 5.57 Å². The third kappa shape index (κ3) is 3.05. The van der Waals surface area contributed by atoms with Crippen LogP contribution < -0.4 is 0 Å². The Morgan fingerprint density at radius 1 is 1.32 bits per heavy atom. The minimum absolute atomic E-state index is 0.256. The van der Waals surface area contributed by atoms with Gasteiger partial charge in [-0.1, -0.05) is 30.0 Å². The molecular weight excluding hydrogens is 272 g/mol. The monoisotopic (exact) mass is 292 g/mol. The molecule has 0 aromatic heterocycles. The molecule has 0 amide bonds. The van der Waals surface area contributed by atoms with E-state index >= 15 is 0 Å². The predicted octanol–water partition coefficient (Wildman–Crippen LogP) is 3.77. The predicted molar refractivity (Wildman–Crippen MR) is 88.2 cm³/mol. The van der Waals surface area contributed by atoms with Gasteiger partial charge in [0.1, 0.15) is 0 Å². The Bertz CT molecular complexity index is 668. The van der Waals surface area contributed by atoms with Gasteiger partial charge in [0.15, 0.2) is 5.78 Å². The summed E-state index contributed by atoms with van der Waals surface area (Å²) < 4.78 is 5.48. The first kappa shape index (κ1) is 14.8. The van der Waals surface area contributed by atoms with Crippen LogP contribution in [0.1, 0.15) is 36.8 Å². The average Bonchev–Trinajstić information content (AvgIpc) is 3.08. The molecule has 0 saturated carbocycles. The van der Waals surface area contributed by atoms with Crippen LogP contribution in [0.3, 0.4) is 0 Å². The number of benzene rings is 1. The lowest BCUT2D eigenvalue weighted by Gasteiger charge is -2.04. The van der Waals surface area contributed by atoms with Gasteiger partial charge in [-0.2, -0.15) is 0 Å². The molecule has 1 aromatic carbocycles. The van der Waals surface area contributed by atoms with Gasteiger partial charge in [0.05, 0.1) is 13.2 Å². The molecule has 1 aliphatic carbocycles. The molecule has 1 atom stereocenters. The molecule has 2 nitrogen and oxygen atoms in total. The Balaban J connectivity index is 1.73. The zero-order valence-electron chi connectivity index (χ0n) is 12.7. The lowest BCUT2D eigenvalue weighted by Crippen LogP contribution is -2.01. The van der Waals surface area contributed by atoms with E-state index in [1.54, 1.807) is 0 Å². The number of allylic oxidation sites excluding steroid dienone is 2. The normalized spacial score (nSPS) is 19.8. The minimum Gasteiger partial charge on any atom is -0.376 e. The summed E-state index contributed by atoms with van der Waals surface area (Å²) in [4.78, 5) is 12.2. The van der Waals surface area contributed by atoms with Crippen molar-refractivity contribution in [2.45, 2.75) is 25.7 Å². The number of rotatable bonds is 4. The van der Waals surface area contributed by atoms with Crippen LogP contribution in [0, 0.1) is 17.8 Å². The molecule has 0 bridgehead atoms. The topological polar surface area (TPSA) is 26.3 Å². The summed E-state index contributed by atoms with van der Waals surface area (Å²) in [6, 6.07) is 8.02. The molecule has 1 saturated heterocycles. The Labute approximate surface area is 131 Å². The highest BCUT2D eigenvalue weighted by atomic mass is 16.5. The van der Waals surface area contributed by atoms with Crippen molar-refractivity contribution in [1.29, 1.82) is 0 Å². The summed E-state index contributed by atoms with van der Waals surface area (Å²) in [6.07, 6.45) is 5.48. The average molecular weight is 292 g/mol. The quantitative estimate of drug-likeness (QED) is 0.480. The summed E-state index contributed by atoms with van der Waals surface area (Å²) in [5.41, 5.74) is 4.07. The summed E-state index contributed by atoms with van der Waals surface area (Å²) in [6.45, 7) is 5.00. The fraction of sp³-hybridized carbons (Fsp3) is 0.350. The van der Waals surface area contributed by atoms with Gasteiger partial charge in [-0.25, -0.2) is 0 Å². The summed E-state index contributed by atoms with van der Waals surface area (Å²) in [5.74, 6) is 6.91. The van der Waals surface area contributed by atoms with Crippen LogP contribution in [0.15, 0.2) is 42.5 Å². The highest BCUT2D eigenvalue weighted by molar-refractivity contribution is 6.24. The van der Waals surface area contributed by atoms with E-state index < -0.39 is 0 Å². The number of carbonyl (C=O) groups is 1. The van der Waals surface area contributed by atoms with Gasteiger partial charge < -0.3 is 4.74 Å². The van der Waals surface area contributed by atoms with Gasteiger partial charge in [-0.05, 0) is 36.1 Å². The van der Waals surface area contributed by atoms with E-state index in [2.05, 4.69) is 18.4 Å². The minimum atomic E-state index is 0.256. The molecule has 112 valence electrons. The van der Waals surface area contributed by atoms with Gasteiger partial charge in [0.2, 0.25) is 0 Å². The van der Waals surface area contributed by atoms with E-state index in [0.29, 0.717) is 25.6 Å². The van der Waals surface area contributed by atoms with Crippen LogP contribution in [0.2, 0.25) is 0 Å². The molecule has 1 aliphatic heterocycles. The van der Waals surface area contributed by atoms with Crippen LogP contribution in [0.4, 0.5) is 0 Å². The molecule has 2 heteroatoms. The highest BCUT2D eigenvalue weighted by Crippen LogP contribution is 2.39.